The summed E-state index contributed by atoms with van der Waals surface area (Å²) in [7, 11) is 0. The summed E-state index contributed by atoms with van der Waals surface area (Å²) in [6, 6.07) is 7.39. The van der Waals surface area contributed by atoms with E-state index < -0.39 is 0 Å². The van der Waals surface area contributed by atoms with Crippen LogP contribution in [0.3, 0.4) is 0 Å². The van der Waals surface area contributed by atoms with E-state index in [1.165, 1.54) is 6.08 Å². The van der Waals surface area contributed by atoms with E-state index in [9.17, 15) is 9.59 Å². The van der Waals surface area contributed by atoms with Crippen LogP contribution in [0.15, 0.2) is 71.2 Å². The third kappa shape index (κ3) is 6.87. The molecule has 9 nitrogen and oxygen atoms in total. The Morgan fingerprint density at radius 3 is 2.76 bits per heavy atom. The topological polar surface area (TPSA) is 119 Å². The molecule has 4 rings (SSSR count). The average molecular weight is 536 g/mol. The molecule has 3 N–H and O–H groups in total. The molecule has 0 bridgehead atoms. The number of aromatic nitrogens is 1. The molecule has 1 aromatic carbocycles. The van der Waals surface area contributed by atoms with Crippen molar-refractivity contribution in [2.45, 2.75) is 19.4 Å². The fourth-order valence-corrected chi connectivity index (χ4v) is 4.38. The minimum atomic E-state index is -0.241. The number of nitrogens with one attached hydrogen (secondary N) is 1. The van der Waals surface area contributed by atoms with Crippen LogP contribution in [0.1, 0.15) is 22.8 Å². The molecule has 3 heterocycles. The number of hydrogen-bond acceptors (Lipinski definition) is 7. The zero-order valence-corrected chi connectivity index (χ0v) is 21.9. The summed E-state index contributed by atoms with van der Waals surface area (Å²) in [5.74, 6) is 0.626. The van der Waals surface area contributed by atoms with Gasteiger partial charge in [-0.25, -0.2) is 4.99 Å². The normalized spacial score (nSPS) is 17.7. The summed E-state index contributed by atoms with van der Waals surface area (Å²) in [5.41, 5.74) is 9.42. The van der Waals surface area contributed by atoms with Crippen LogP contribution in [-0.2, 0) is 16.0 Å². The number of nitrogens with two attached hydrogens (primary N) is 1. The molecule has 198 valence electrons. The van der Waals surface area contributed by atoms with Crippen molar-refractivity contribution in [3.8, 4) is 17.0 Å². The first-order valence-electron chi connectivity index (χ1n) is 12.2. The fourth-order valence-electron chi connectivity index (χ4n) is 4.10. The zero-order valence-electron chi connectivity index (χ0n) is 21.2. The summed E-state index contributed by atoms with van der Waals surface area (Å²) >= 11 is 6.53. The van der Waals surface area contributed by atoms with Gasteiger partial charge in [0.1, 0.15) is 17.7 Å². The SMILES string of the molecule is C=N\C(N)=C/C=C(C)/C=C/C(=O)NCC1Cc2cc(-c3ccc(C(=O)N4CCOCC4)cn3)cc(Cl)c2O1. The maximum absolute atomic E-state index is 12.7. The van der Waals surface area contributed by atoms with Crippen molar-refractivity contribution < 1.29 is 19.1 Å². The van der Waals surface area contributed by atoms with Crippen LogP contribution >= 0.6 is 11.6 Å². The summed E-state index contributed by atoms with van der Waals surface area (Å²) in [4.78, 5) is 34.8. The van der Waals surface area contributed by atoms with E-state index in [1.54, 1.807) is 41.5 Å². The van der Waals surface area contributed by atoms with E-state index in [1.807, 2.05) is 19.1 Å². The molecule has 1 fully saturated rings. The fraction of sp³-hybridized carbons (Fsp3) is 0.286. The van der Waals surface area contributed by atoms with Gasteiger partial charge in [-0.2, -0.15) is 0 Å². The number of benzene rings is 1. The van der Waals surface area contributed by atoms with Gasteiger partial charge in [-0.1, -0.05) is 29.3 Å². The van der Waals surface area contributed by atoms with Crippen LogP contribution in [0.25, 0.3) is 11.3 Å². The number of ether oxygens (including phenoxy) is 2. The number of morpholine rings is 1. The Bertz CT molecular complexity index is 1300. The van der Waals surface area contributed by atoms with E-state index in [2.05, 4.69) is 22.0 Å². The Morgan fingerprint density at radius 1 is 1.26 bits per heavy atom. The highest BCUT2D eigenvalue weighted by Crippen LogP contribution is 2.39. The Morgan fingerprint density at radius 2 is 2.05 bits per heavy atom. The summed E-state index contributed by atoms with van der Waals surface area (Å²) in [5, 5.41) is 3.33. The molecule has 1 atom stereocenters. The predicted octanol–water partition coefficient (Wildman–Crippen LogP) is 3.30. The van der Waals surface area contributed by atoms with Crippen molar-refractivity contribution in [1.29, 1.82) is 0 Å². The maximum Gasteiger partial charge on any atom is 0.255 e. The number of carbonyl (C=O) groups is 2. The van der Waals surface area contributed by atoms with Gasteiger partial charge in [-0.05, 0) is 44.0 Å². The number of fused-ring (bicyclic) bond motifs is 1. The second kappa shape index (κ2) is 12.5. The standard InChI is InChI=1S/C28H30ClN5O4/c1-18(3-7-25(30)31-2)4-8-26(35)33-17-22-14-21-13-20(15-23(29)27(21)38-22)24-6-5-19(16-32-24)28(36)34-9-11-37-12-10-34/h3-8,13,15-16,22H,2,9-12,14,17,30H2,1H3,(H,33,35)/b8-4+,18-3+,25-7-. The van der Waals surface area contributed by atoms with Crippen LogP contribution in [0.5, 0.6) is 5.75 Å². The van der Waals surface area contributed by atoms with Crippen molar-refractivity contribution >= 4 is 30.1 Å². The lowest BCUT2D eigenvalue weighted by atomic mass is 10.0. The second-order valence-corrected chi connectivity index (χ2v) is 9.37. The van der Waals surface area contributed by atoms with Crippen LogP contribution in [0, 0.1) is 0 Å². The molecule has 0 radical (unpaired) electrons. The number of allylic oxidation sites excluding steroid dienone is 4. The first kappa shape index (κ1) is 27.1. The summed E-state index contributed by atoms with van der Waals surface area (Å²) in [6.45, 7) is 7.78. The molecule has 1 aromatic heterocycles. The summed E-state index contributed by atoms with van der Waals surface area (Å²) < 4.78 is 11.3. The number of pyridine rings is 1. The molecule has 1 unspecified atom stereocenters. The van der Waals surface area contributed by atoms with Crippen molar-refractivity contribution in [2.75, 3.05) is 32.8 Å². The quantitative estimate of drug-likeness (QED) is 0.304. The molecule has 1 saturated heterocycles. The van der Waals surface area contributed by atoms with Gasteiger partial charge in [-0.3, -0.25) is 14.6 Å². The molecule has 0 aliphatic carbocycles. The minimum absolute atomic E-state index is 0.0508. The van der Waals surface area contributed by atoms with E-state index >= 15 is 0 Å². The maximum atomic E-state index is 12.7. The molecular weight excluding hydrogens is 506 g/mol. The van der Waals surface area contributed by atoms with E-state index in [-0.39, 0.29) is 17.9 Å². The van der Waals surface area contributed by atoms with Gasteiger partial charge in [0, 0.05) is 42.9 Å². The lowest BCUT2D eigenvalue weighted by molar-refractivity contribution is -0.116. The highest BCUT2D eigenvalue weighted by molar-refractivity contribution is 6.32. The van der Waals surface area contributed by atoms with Crippen LogP contribution < -0.4 is 15.8 Å². The van der Waals surface area contributed by atoms with Gasteiger partial charge < -0.3 is 25.4 Å². The number of nitrogens with zero attached hydrogens (tertiary/aromatic N) is 3. The van der Waals surface area contributed by atoms with Gasteiger partial charge in [0.2, 0.25) is 5.91 Å². The van der Waals surface area contributed by atoms with E-state index in [0.717, 1.165) is 16.7 Å². The van der Waals surface area contributed by atoms with E-state index in [4.69, 9.17) is 26.8 Å². The molecule has 2 aliphatic rings. The number of amides is 2. The average Bonchev–Trinajstić information content (AvgIpc) is 3.37. The molecule has 2 amide bonds. The number of halogens is 1. The lowest BCUT2D eigenvalue weighted by Gasteiger charge is -2.26. The monoisotopic (exact) mass is 535 g/mol. The first-order valence-corrected chi connectivity index (χ1v) is 12.6. The molecule has 0 saturated carbocycles. The third-order valence-electron chi connectivity index (χ3n) is 6.16. The lowest BCUT2D eigenvalue weighted by Crippen LogP contribution is -2.40. The predicted molar refractivity (Wildman–Crippen MR) is 147 cm³/mol. The Kier molecular flexibility index (Phi) is 8.93. The van der Waals surface area contributed by atoms with Crippen molar-refractivity contribution in [1.82, 2.24) is 15.2 Å². The van der Waals surface area contributed by atoms with Crippen molar-refractivity contribution in [2.24, 2.45) is 10.7 Å². The van der Waals surface area contributed by atoms with E-state index in [0.29, 0.717) is 67.1 Å². The Labute approximate surface area is 226 Å². The second-order valence-electron chi connectivity index (χ2n) is 8.97. The number of carbonyl (C=O) groups excluding carboxylic acids is 2. The van der Waals surface area contributed by atoms with Crippen molar-refractivity contribution in [3.05, 3.63) is 82.3 Å². The third-order valence-corrected chi connectivity index (χ3v) is 6.44. The van der Waals surface area contributed by atoms with Gasteiger partial charge in [0.15, 0.2) is 0 Å². The number of rotatable bonds is 8. The smallest absolute Gasteiger partial charge is 0.255 e. The molecule has 10 heteroatoms. The molecular formula is C28H30ClN5O4. The van der Waals surface area contributed by atoms with Gasteiger partial charge in [0.25, 0.3) is 5.91 Å². The first-order chi connectivity index (χ1) is 18.3. The largest absolute Gasteiger partial charge is 0.486 e. The van der Waals surface area contributed by atoms with Crippen LogP contribution in [-0.4, -0.2) is 67.4 Å². The molecule has 2 aromatic rings. The van der Waals surface area contributed by atoms with Crippen LogP contribution in [0.4, 0.5) is 0 Å². The highest BCUT2D eigenvalue weighted by atomic mass is 35.5. The van der Waals surface area contributed by atoms with Gasteiger partial charge >= 0.3 is 0 Å². The number of hydrogen-bond donors (Lipinski definition) is 2. The highest BCUT2D eigenvalue weighted by Gasteiger charge is 2.26. The number of aliphatic imine (C=N–C) groups is 1. The Balaban J connectivity index is 1.35. The Hall–Kier alpha value is -3.95. The molecule has 0 spiro atoms. The zero-order chi connectivity index (χ0) is 27.1. The van der Waals surface area contributed by atoms with Gasteiger partial charge in [-0.15, -0.1) is 0 Å². The molecule has 2 aliphatic heterocycles. The summed E-state index contributed by atoms with van der Waals surface area (Å²) in [6.07, 6.45) is 8.43. The van der Waals surface area contributed by atoms with Crippen molar-refractivity contribution in [3.63, 3.8) is 0 Å². The molecule has 38 heavy (non-hydrogen) atoms. The minimum Gasteiger partial charge on any atom is -0.486 e. The van der Waals surface area contributed by atoms with Gasteiger partial charge in [0.05, 0.1) is 36.0 Å². The van der Waals surface area contributed by atoms with Crippen LogP contribution in [0.2, 0.25) is 5.02 Å².